The summed E-state index contributed by atoms with van der Waals surface area (Å²) in [4.78, 5) is 7.80. The standard InChI is InChI=1S/C20H22N4.HI/c1-13-9-17-10-14(5-8-19(17)23-13)12-22-20(21)24-18-7-6-15-3-2-4-16(15)11-18;/h5-11,23H,2-4,12H2,1H3,(H3,21,22,24);1H. The lowest BCUT2D eigenvalue weighted by Gasteiger charge is -2.08. The van der Waals surface area contributed by atoms with Crippen LogP contribution in [0.5, 0.6) is 0 Å². The molecular weight excluding hydrogens is 423 g/mol. The van der Waals surface area contributed by atoms with Crippen molar-refractivity contribution in [1.82, 2.24) is 4.98 Å². The van der Waals surface area contributed by atoms with Crippen molar-refractivity contribution in [2.24, 2.45) is 10.7 Å². The molecule has 25 heavy (non-hydrogen) atoms. The van der Waals surface area contributed by atoms with Crippen molar-refractivity contribution in [3.05, 3.63) is 64.8 Å². The fourth-order valence-electron chi connectivity index (χ4n) is 3.44. The summed E-state index contributed by atoms with van der Waals surface area (Å²) in [6.45, 7) is 2.64. The molecule has 0 saturated carbocycles. The number of nitrogens with two attached hydrogens (primary N) is 1. The summed E-state index contributed by atoms with van der Waals surface area (Å²) in [7, 11) is 0. The number of hydrogen-bond acceptors (Lipinski definition) is 1. The van der Waals surface area contributed by atoms with E-state index in [0.717, 1.165) is 23.2 Å². The minimum atomic E-state index is 0. The van der Waals surface area contributed by atoms with E-state index in [1.165, 1.54) is 35.0 Å². The van der Waals surface area contributed by atoms with Crippen LogP contribution >= 0.6 is 24.0 Å². The van der Waals surface area contributed by atoms with Gasteiger partial charge in [-0.05, 0) is 78.6 Å². The Balaban J connectivity index is 0.00000182. The summed E-state index contributed by atoms with van der Waals surface area (Å²) in [5.41, 5.74) is 13.4. The van der Waals surface area contributed by atoms with E-state index in [4.69, 9.17) is 5.73 Å². The maximum Gasteiger partial charge on any atom is 0.193 e. The Labute approximate surface area is 164 Å². The van der Waals surface area contributed by atoms with Crippen LogP contribution in [0, 0.1) is 6.92 Å². The highest BCUT2D eigenvalue weighted by Crippen LogP contribution is 2.24. The van der Waals surface area contributed by atoms with Crippen molar-refractivity contribution < 1.29 is 0 Å². The van der Waals surface area contributed by atoms with Gasteiger partial charge in [-0.1, -0.05) is 12.1 Å². The van der Waals surface area contributed by atoms with Crippen LogP contribution in [-0.2, 0) is 19.4 Å². The second-order valence-electron chi connectivity index (χ2n) is 6.54. The number of anilines is 1. The van der Waals surface area contributed by atoms with Gasteiger partial charge >= 0.3 is 0 Å². The molecule has 0 radical (unpaired) electrons. The number of aliphatic imine (C=N–C) groups is 1. The second kappa shape index (κ2) is 7.47. The number of rotatable bonds is 3. The Morgan fingerprint density at radius 3 is 2.84 bits per heavy atom. The first-order chi connectivity index (χ1) is 11.7. The van der Waals surface area contributed by atoms with Gasteiger partial charge in [0.15, 0.2) is 5.96 Å². The van der Waals surface area contributed by atoms with Crippen LogP contribution < -0.4 is 11.1 Å². The number of guanidine groups is 1. The molecule has 0 amide bonds. The summed E-state index contributed by atoms with van der Waals surface area (Å²) in [6, 6.07) is 15.0. The third-order valence-electron chi connectivity index (χ3n) is 4.62. The van der Waals surface area contributed by atoms with Crippen LogP contribution in [-0.4, -0.2) is 10.9 Å². The second-order valence-corrected chi connectivity index (χ2v) is 6.54. The van der Waals surface area contributed by atoms with Gasteiger partial charge in [-0.25, -0.2) is 4.99 Å². The Bertz CT molecular complexity index is 927. The maximum absolute atomic E-state index is 6.05. The van der Waals surface area contributed by atoms with Crippen LogP contribution in [0.3, 0.4) is 0 Å². The minimum Gasteiger partial charge on any atom is -0.370 e. The molecular formula is C20H23IN4. The first-order valence-corrected chi connectivity index (χ1v) is 8.44. The van der Waals surface area contributed by atoms with Crippen molar-refractivity contribution in [2.45, 2.75) is 32.7 Å². The molecule has 4 nitrogen and oxygen atoms in total. The maximum atomic E-state index is 6.05. The van der Waals surface area contributed by atoms with Crippen molar-refractivity contribution in [1.29, 1.82) is 0 Å². The molecule has 0 fully saturated rings. The van der Waals surface area contributed by atoms with Gasteiger partial charge in [0, 0.05) is 16.9 Å². The van der Waals surface area contributed by atoms with Gasteiger partial charge in [-0.15, -0.1) is 24.0 Å². The molecule has 1 aliphatic carbocycles. The van der Waals surface area contributed by atoms with Crippen LogP contribution in [0.1, 0.15) is 28.8 Å². The number of aromatic amines is 1. The lowest BCUT2D eigenvalue weighted by molar-refractivity contribution is 0.912. The van der Waals surface area contributed by atoms with E-state index in [0.29, 0.717) is 12.5 Å². The molecule has 2 aromatic carbocycles. The molecule has 3 aromatic rings. The van der Waals surface area contributed by atoms with Crippen LogP contribution in [0.25, 0.3) is 10.9 Å². The molecule has 0 unspecified atom stereocenters. The molecule has 0 aliphatic heterocycles. The summed E-state index contributed by atoms with van der Waals surface area (Å²) < 4.78 is 0. The Morgan fingerprint density at radius 1 is 1.12 bits per heavy atom. The molecule has 4 N–H and O–H groups in total. The number of H-pyrrole nitrogens is 1. The van der Waals surface area contributed by atoms with E-state index in [1.807, 2.05) is 0 Å². The third kappa shape index (κ3) is 3.98. The fourth-order valence-corrected chi connectivity index (χ4v) is 3.44. The molecule has 0 atom stereocenters. The molecule has 1 aliphatic rings. The molecule has 4 rings (SSSR count). The summed E-state index contributed by atoms with van der Waals surface area (Å²) in [6.07, 6.45) is 3.61. The van der Waals surface area contributed by atoms with Crippen molar-refractivity contribution in [3.8, 4) is 0 Å². The minimum absolute atomic E-state index is 0. The monoisotopic (exact) mass is 446 g/mol. The number of fused-ring (bicyclic) bond motifs is 2. The number of hydrogen-bond donors (Lipinski definition) is 3. The zero-order chi connectivity index (χ0) is 16.5. The molecule has 1 aromatic heterocycles. The Hall–Kier alpha value is -2.02. The smallest absolute Gasteiger partial charge is 0.193 e. The largest absolute Gasteiger partial charge is 0.370 e. The predicted molar refractivity (Wildman–Crippen MR) is 116 cm³/mol. The van der Waals surface area contributed by atoms with Crippen molar-refractivity contribution in [3.63, 3.8) is 0 Å². The van der Waals surface area contributed by atoms with Crippen LogP contribution in [0.4, 0.5) is 5.69 Å². The number of aromatic nitrogens is 1. The Morgan fingerprint density at radius 2 is 1.96 bits per heavy atom. The summed E-state index contributed by atoms with van der Waals surface area (Å²) >= 11 is 0. The van der Waals surface area contributed by atoms with Gasteiger partial charge < -0.3 is 16.0 Å². The number of halogens is 1. The van der Waals surface area contributed by atoms with E-state index in [2.05, 4.69) is 64.7 Å². The van der Waals surface area contributed by atoms with E-state index < -0.39 is 0 Å². The van der Waals surface area contributed by atoms with Gasteiger partial charge in [0.2, 0.25) is 0 Å². The van der Waals surface area contributed by atoms with Crippen LogP contribution in [0.15, 0.2) is 47.5 Å². The molecule has 0 spiro atoms. The number of nitrogens with one attached hydrogen (secondary N) is 2. The average molecular weight is 446 g/mol. The van der Waals surface area contributed by atoms with Gasteiger partial charge in [0.05, 0.1) is 6.54 Å². The molecule has 0 saturated heterocycles. The molecule has 130 valence electrons. The van der Waals surface area contributed by atoms with Gasteiger partial charge in [0.25, 0.3) is 0 Å². The third-order valence-corrected chi connectivity index (χ3v) is 4.62. The van der Waals surface area contributed by atoms with Crippen molar-refractivity contribution in [2.75, 3.05) is 5.32 Å². The number of aryl methyl sites for hydroxylation is 3. The fraction of sp³-hybridized carbons (Fsp3) is 0.250. The number of benzene rings is 2. The highest BCUT2D eigenvalue weighted by molar-refractivity contribution is 14.0. The van der Waals surface area contributed by atoms with E-state index in [1.54, 1.807) is 0 Å². The highest BCUT2D eigenvalue weighted by Gasteiger charge is 2.10. The highest BCUT2D eigenvalue weighted by atomic mass is 127. The summed E-state index contributed by atoms with van der Waals surface area (Å²) in [5.74, 6) is 0.457. The van der Waals surface area contributed by atoms with Gasteiger partial charge in [-0.3, -0.25) is 0 Å². The Kier molecular flexibility index (Phi) is 5.32. The van der Waals surface area contributed by atoms with Gasteiger partial charge in [-0.2, -0.15) is 0 Å². The molecule has 5 heteroatoms. The zero-order valence-corrected chi connectivity index (χ0v) is 16.6. The lowest BCUT2D eigenvalue weighted by Crippen LogP contribution is -2.22. The normalized spacial score (nSPS) is 13.6. The molecule has 0 bridgehead atoms. The van der Waals surface area contributed by atoms with Crippen LogP contribution in [0.2, 0.25) is 0 Å². The first-order valence-electron chi connectivity index (χ1n) is 8.44. The topological polar surface area (TPSA) is 66.2 Å². The first kappa shape index (κ1) is 17.8. The zero-order valence-electron chi connectivity index (χ0n) is 14.3. The lowest BCUT2D eigenvalue weighted by atomic mass is 10.1. The number of nitrogens with zero attached hydrogens (tertiary/aromatic N) is 1. The average Bonchev–Trinajstić information content (AvgIpc) is 3.17. The quantitative estimate of drug-likeness (QED) is 0.315. The van der Waals surface area contributed by atoms with E-state index >= 15 is 0 Å². The molecule has 1 heterocycles. The van der Waals surface area contributed by atoms with E-state index in [-0.39, 0.29) is 24.0 Å². The SMILES string of the molecule is Cc1cc2cc(CN=C(N)Nc3ccc4c(c3)CCC4)ccc2[nH]1.I. The van der Waals surface area contributed by atoms with E-state index in [9.17, 15) is 0 Å². The van der Waals surface area contributed by atoms with Gasteiger partial charge in [0.1, 0.15) is 0 Å². The summed E-state index contributed by atoms with van der Waals surface area (Å²) in [5, 5.41) is 4.42. The predicted octanol–water partition coefficient (Wildman–Crippen LogP) is 4.51. The van der Waals surface area contributed by atoms with Crippen molar-refractivity contribution >= 4 is 46.5 Å².